The normalized spacial score (nSPS) is 21.7. The van der Waals surface area contributed by atoms with Gasteiger partial charge in [-0.2, -0.15) is 0 Å². The molecule has 0 saturated carbocycles. The van der Waals surface area contributed by atoms with Gasteiger partial charge in [0.1, 0.15) is 5.54 Å². The van der Waals surface area contributed by atoms with E-state index in [1.54, 1.807) is 31.2 Å². The van der Waals surface area contributed by atoms with Crippen LogP contribution in [0.2, 0.25) is 0 Å². The first-order valence-corrected chi connectivity index (χ1v) is 12.1. The van der Waals surface area contributed by atoms with Crippen LogP contribution in [0.4, 0.5) is 9.59 Å². The number of rotatable bonds is 9. The van der Waals surface area contributed by atoms with Crippen molar-refractivity contribution >= 4 is 23.9 Å². The Balaban J connectivity index is 1.75. The number of urea groups is 2. The summed E-state index contributed by atoms with van der Waals surface area (Å²) < 4.78 is 5.29. The van der Waals surface area contributed by atoms with Gasteiger partial charge in [0.05, 0.1) is 30.5 Å². The molecule has 1 fully saturated rings. The van der Waals surface area contributed by atoms with Crippen molar-refractivity contribution in [3.8, 4) is 0 Å². The van der Waals surface area contributed by atoms with Gasteiger partial charge in [-0.25, -0.2) is 14.4 Å². The van der Waals surface area contributed by atoms with E-state index in [1.807, 2.05) is 43.3 Å². The maximum Gasteiger partial charge on any atom is 0.338 e. The van der Waals surface area contributed by atoms with Crippen molar-refractivity contribution in [2.75, 3.05) is 13.2 Å². The second-order valence-electron chi connectivity index (χ2n) is 8.75. The van der Waals surface area contributed by atoms with Gasteiger partial charge in [-0.1, -0.05) is 80.4 Å². The molecular formula is C27H30N4O5. The zero-order chi connectivity index (χ0) is 25.7. The highest BCUT2D eigenvalue weighted by Crippen LogP contribution is 2.35. The van der Waals surface area contributed by atoms with Gasteiger partial charge in [0.15, 0.2) is 0 Å². The minimum Gasteiger partial charge on any atom is -0.463 e. The summed E-state index contributed by atoms with van der Waals surface area (Å²) in [7, 11) is 0. The third kappa shape index (κ3) is 4.68. The highest BCUT2D eigenvalue weighted by Gasteiger charge is 2.52. The zero-order valence-electron chi connectivity index (χ0n) is 20.4. The van der Waals surface area contributed by atoms with Crippen molar-refractivity contribution in [2.24, 2.45) is 0 Å². The summed E-state index contributed by atoms with van der Waals surface area (Å²) in [6.45, 7) is 3.55. The van der Waals surface area contributed by atoms with Crippen molar-refractivity contribution in [2.45, 2.75) is 44.7 Å². The fourth-order valence-corrected chi connectivity index (χ4v) is 4.69. The summed E-state index contributed by atoms with van der Waals surface area (Å²) in [6, 6.07) is 16.2. The van der Waals surface area contributed by atoms with Crippen molar-refractivity contribution < 1.29 is 23.9 Å². The molecule has 2 unspecified atom stereocenters. The minimum absolute atomic E-state index is 0.127. The number of nitrogens with one attached hydrogen (secondary N) is 3. The van der Waals surface area contributed by atoms with Gasteiger partial charge in [-0.05, 0) is 24.5 Å². The van der Waals surface area contributed by atoms with E-state index in [1.165, 1.54) is 0 Å². The van der Waals surface area contributed by atoms with Crippen molar-refractivity contribution in [3.05, 3.63) is 83.1 Å². The molecule has 0 spiro atoms. The van der Waals surface area contributed by atoms with Gasteiger partial charge in [0, 0.05) is 0 Å². The number of carbonyl (C=O) groups is 4. The van der Waals surface area contributed by atoms with Crippen LogP contribution < -0.4 is 16.0 Å². The van der Waals surface area contributed by atoms with Crippen LogP contribution in [0.25, 0.3) is 0 Å². The highest BCUT2D eigenvalue weighted by atomic mass is 16.5. The van der Waals surface area contributed by atoms with E-state index in [-0.39, 0.29) is 24.4 Å². The van der Waals surface area contributed by atoms with Crippen molar-refractivity contribution in [1.29, 1.82) is 0 Å². The van der Waals surface area contributed by atoms with E-state index in [0.29, 0.717) is 17.5 Å². The Morgan fingerprint density at radius 3 is 2.31 bits per heavy atom. The third-order valence-corrected chi connectivity index (χ3v) is 6.45. The molecule has 0 aromatic heterocycles. The van der Waals surface area contributed by atoms with Gasteiger partial charge >= 0.3 is 18.0 Å². The van der Waals surface area contributed by atoms with Gasteiger partial charge in [-0.15, -0.1) is 0 Å². The van der Waals surface area contributed by atoms with E-state index in [2.05, 4.69) is 16.0 Å². The van der Waals surface area contributed by atoms with Crippen LogP contribution in [-0.2, 0) is 19.9 Å². The number of hydrogen-bond donors (Lipinski definition) is 3. The lowest BCUT2D eigenvalue weighted by Gasteiger charge is -2.31. The predicted molar refractivity (Wildman–Crippen MR) is 132 cm³/mol. The molecule has 2 aromatic rings. The number of carbonyl (C=O) groups excluding carboxylic acids is 4. The number of amides is 5. The topological polar surface area (TPSA) is 117 Å². The standard InChI is InChI=1S/C27H30N4O5/c1-3-5-16-27(19-14-10-7-11-15-19)24(33)31(26(35)30-27)17-20-21(23(32)36-4-2)22(29-25(34)28-20)18-12-8-6-9-13-18/h6-15,22H,3-5,16-17H2,1-2H3,(H,30,35)(H2,28,29,34). The van der Waals surface area contributed by atoms with Crippen molar-refractivity contribution in [1.82, 2.24) is 20.9 Å². The third-order valence-electron chi connectivity index (χ3n) is 6.45. The molecule has 5 amide bonds. The monoisotopic (exact) mass is 490 g/mol. The van der Waals surface area contributed by atoms with Gasteiger partial charge < -0.3 is 20.7 Å². The molecule has 36 heavy (non-hydrogen) atoms. The van der Waals surface area contributed by atoms with Crippen LogP contribution >= 0.6 is 0 Å². The maximum absolute atomic E-state index is 13.8. The molecule has 9 heteroatoms. The molecule has 3 N–H and O–H groups in total. The Morgan fingerprint density at radius 2 is 1.67 bits per heavy atom. The number of esters is 1. The lowest BCUT2D eigenvalue weighted by atomic mass is 9.84. The Morgan fingerprint density at radius 1 is 1.00 bits per heavy atom. The molecule has 2 atom stereocenters. The molecule has 2 heterocycles. The Kier molecular flexibility index (Phi) is 7.38. The predicted octanol–water partition coefficient (Wildman–Crippen LogP) is 3.50. The maximum atomic E-state index is 13.8. The number of imide groups is 1. The summed E-state index contributed by atoms with van der Waals surface area (Å²) in [5.74, 6) is -1.06. The van der Waals surface area contributed by atoms with E-state index in [0.717, 1.165) is 17.7 Å². The Hall–Kier alpha value is -4.14. The molecular weight excluding hydrogens is 460 g/mol. The number of hydrogen-bond acceptors (Lipinski definition) is 5. The molecule has 2 aliphatic heterocycles. The van der Waals surface area contributed by atoms with E-state index in [4.69, 9.17) is 4.74 Å². The molecule has 188 valence electrons. The Bertz CT molecular complexity index is 1180. The molecule has 4 rings (SSSR count). The van der Waals surface area contributed by atoms with E-state index in [9.17, 15) is 19.2 Å². The number of unbranched alkanes of at least 4 members (excludes halogenated alkanes) is 1. The van der Waals surface area contributed by atoms with Gasteiger partial charge in [0.25, 0.3) is 5.91 Å². The fourth-order valence-electron chi connectivity index (χ4n) is 4.69. The van der Waals surface area contributed by atoms with Crippen LogP contribution in [0.5, 0.6) is 0 Å². The zero-order valence-corrected chi connectivity index (χ0v) is 20.4. The summed E-state index contributed by atoms with van der Waals surface area (Å²) in [6.07, 6.45) is 2.00. The number of benzene rings is 2. The quantitative estimate of drug-likeness (QED) is 0.368. The second kappa shape index (κ2) is 10.6. The molecule has 9 nitrogen and oxygen atoms in total. The summed E-state index contributed by atoms with van der Waals surface area (Å²) in [5, 5.41) is 8.30. The van der Waals surface area contributed by atoms with Crippen LogP contribution in [0.1, 0.15) is 50.3 Å². The van der Waals surface area contributed by atoms with Crippen LogP contribution in [0, 0.1) is 0 Å². The highest BCUT2D eigenvalue weighted by molar-refractivity contribution is 6.08. The van der Waals surface area contributed by atoms with E-state index >= 15 is 0 Å². The number of nitrogens with zero attached hydrogens (tertiary/aromatic N) is 1. The average Bonchev–Trinajstić information content (AvgIpc) is 3.13. The van der Waals surface area contributed by atoms with Gasteiger partial charge in [0.2, 0.25) is 0 Å². The summed E-state index contributed by atoms with van der Waals surface area (Å²) in [5.41, 5.74) is 0.444. The van der Waals surface area contributed by atoms with Crippen LogP contribution in [-0.4, -0.2) is 42.0 Å². The molecule has 0 radical (unpaired) electrons. The largest absolute Gasteiger partial charge is 0.463 e. The van der Waals surface area contributed by atoms with Crippen LogP contribution in [0.3, 0.4) is 0 Å². The van der Waals surface area contributed by atoms with Crippen LogP contribution in [0.15, 0.2) is 71.9 Å². The first-order chi connectivity index (χ1) is 17.4. The molecule has 0 bridgehead atoms. The summed E-state index contributed by atoms with van der Waals surface area (Å²) in [4.78, 5) is 53.7. The van der Waals surface area contributed by atoms with Gasteiger partial charge in [-0.3, -0.25) is 9.69 Å². The molecule has 1 saturated heterocycles. The second-order valence-corrected chi connectivity index (χ2v) is 8.75. The SMILES string of the molecule is CCCCC1(c2ccccc2)NC(=O)N(CC2=C(C(=O)OCC)C(c3ccccc3)NC(=O)N2)C1=O. The minimum atomic E-state index is -1.21. The molecule has 2 aromatic carbocycles. The lowest BCUT2D eigenvalue weighted by Crippen LogP contribution is -2.49. The lowest BCUT2D eigenvalue weighted by molar-refractivity contribution is -0.139. The first kappa shape index (κ1) is 25.0. The fraction of sp³-hybridized carbons (Fsp3) is 0.333. The molecule has 2 aliphatic rings. The van der Waals surface area contributed by atoms with E-state index < -0.39 is 35.5 Å². The molecule has 0 aliphatic carbocycles. The first-order valence-electron chi connectivity index (χ1n) is 12.1. The smallest absolute Gasteiger partial charge is 0.338 e. The Labute approximate surface area is 209 Å². The summed E-state index contributed by atoms with van der Waals surface area (Å²) >= 11 is 0. The van der Waals surface area contributed by atoms with Crippen molar-refractivity contribution in [3.63, 3.8) is 0 Å². The number of ether oxygens (including phenoxy) is 1. The average molecular weight is 491 g/mol.